The smallest absolute Gasteiger partial charge is 0.271 e. The molecule has 0 radical (unpaired) electrons. The number of likely N-dealkylation sites (tertiary alicyclic amines) is 1. The topological polar surface area (TPSA) is 118 Å². The van der Waals surface area contributed by atoms with Crippen LogP contribution in [-0.4, -0.2) is 52.8 Å². The molecular weight excluding hydrogens is 442 g/mol. The number of para-hydroxylation sites is 1. The predicted octanol–water partition coefficient (Wildman–Crippen LogP) is 2.45. The summed E-state index contributed by atoms with van der Waals surface area (Å²) in [6.45, 7) is 5.29. The fraction of sp³-hybridized carbons (Fsp3) is 0.500. The zero-order chi connectivity index (χ0) is 23.5. The number of carbonyl (C=O) groups excluding carboxylic acids is 3. The number of carbonyl (C=O) groups is 3. The summed E-state index contributed by atoms with van der Waals surface area (Å²) >= 11 is 6.26. The van der Waals surface area contributed by atoms with Crippen molar-refractivity contribution in [3.63, 3.8) is 0 Å². The van der Waals surface area contributed by atoms with E-state index in [1.165, 1.54) is 0 Å². The highest BCUT2D eigenvalue weighted by Crippen LogP contribution is 2.65. The van der Waals surface area contributed by atoms with Gasteiger partial charge in [-0.05, 0) is 42.2 Å². The molecule has 2 aliphatic heterocycles. The Morgan fingerprint density at radius 3 is 2.85 bits per heavy atom. The lowest BCUT2D eigenvalue weighted by Crippen LogP contribution is -2.52. The van der Waals surface area contributed by atoms with E-state index in [9.17, 15) is 19.6 Å². The molecule has 3 N–H and O–H groups in total. The Morgan fingerprint density at radius 1 is 1.39 bits per heavy atom. The number of H-pyrrole nitrogens is 1. The molecule has 1 aliphatic carbocycles. The summed E-state index contributed by atoms with van der Waals surface area (Å²) in [4.78, 5) is 43.5. The SMILES string of the molecule is CC1(C)[C@@H]2[C@@H](C(=O)N[C@H](C#N)C[C@@H]3CCNC3=O)N(C(=O)c3cc4cccc(Cl)c4[nH]3)C[C@@H]21. The van der Waals surface area contributed by atoms with Crippen LogP contribution in [0.15, 0.2) is 24.3 Å². The van der Waals surface area contributed by atoms with E-state index in [0.29, 0.717) is 35.7 Å². The molecule has 33 heavy (non-hydrogen) atoms. The lowest BCUT2D eigenvalue weighted by Gasteiger charge is -2.30. The zero-order valence-corrected chi connectivity index (χ0v) is 19.3. The molecule has 0 bridgehead atoms. The van der Waals surface area contributed by atoms with Gasteiger partial charge in [0.1, 0.15) is 17.8 Å². The lowest BCUT2D eigenvalue weighted by atomic mass is 9.97. The number of fused-ring (bicyclic) bond motifs is 2. The van der Waals surface area contributed by atoms with Gasteiger partial charge >= 0.3 is 0 Å². The highest BCUT2D eigenvalue weighted by Gasteiger charge is 2.69. The van der Waals surface area contributed by atoms with Gasteiger partial charge in [0.25, 0.3) is 5.91 Å². The van der Waals surface area contributed by atoms with Crippen LogP contribution in [0.1, 0.15) is 37.2 Å². The Kier molecular flexibility index (Phi) is 5.13. The molecule has 2 aromatic rings. The summed E-state index contributed by atoms with van der Waals surface area (Å²) in [6.07, 6.45) is 0.925. The first kappa shape index (κ1) is 21.8. The molecule has 1 saturated carbocycles. The number of aromatic amines is 1. The standard InChI is InChI=1S/C24H26ClN5O3/c1-24(2)15-11-30(23(33)17-9-12-4-3-5-16(25)19(12)29-17)20(18(15)24)22(32)28-14(10-26)8-13-6-7-27-21(13)31/h3-5,9,13-15,18,20,29H,6-8,11H2,1-2H3,(H,27,31)(H,28,32)/t13-,14-,15-,18-,20-/m0/s1. The fourth-order valence-corrected chi connectivity index (χ4v) is 5.97. The van der Waals surface area contributed by atoms with Crippen LogP contribution < -0.4 is 10.6 Å². The molecule has 3 heterocycles. The Hall–Kier alpha value is -3.05. The molecule has 9 heteroatoms. The molecule has 172 valence electrons. The highest BCUT2D eigenvalue weighted by molar-refractivity contribution is 6.35. The number of nitriles is 1. The van der Waals surface area contributed by atoms with Gasteiger partial charge in [0.15, 0.2) is 0 Å². The van der Waals surface area contributed by atoms with E-state index in [2.05, 4.69) is 35.5 Å². The van der Waals surface area contributed by atoms with Crippen LogP contribution in [0.5, 0.6) is 0 Å². The number of nitrogens with one attached hydrogen (secondary N) is 3. The third-order valence-corrected chi connectivity index (χ3v) is 8.04. The van der Waals surface area contributed by atoms with Crippen LogP contribution in [-0.2, 0) is 9.59 Å². The van der Waals surface area contributed by atoms with E-state index in [1.807, 2.05) is 12.1 Å². The number of amides is 3. The van der Waals surface area contributed by atoms with Gasteiger partial charge in [0.05, 0.1) is 16.6 Å². The number of rotatable bonds is 5. The maximum atomic E-state index is 13.5. The summed E-state index contributed by atoms with van der Waals surface area (Å²) in [7, 11) is 0. The number of halogens is 1. The second-order valence-corrected chi connectivity index (χ2v) is 10.4. The quantitative estimate of drug-likeness (QED) is 0.625. The molecule has 0 unspecified atom stereocenters. The van der Waals surface area contributed by atoms with Crippen LogP contribution in [0, 0.1) is 34.5 Å². The summed E-state index contributed by atoms with van der Waals surface area (Å²) in [6, 6.07) is 7.88. The second-order valence-electron chi connectivity index (χ2n) is 9.95. The van der Waals surface area contributed by atoms with Crippen LogP contribution in [0.3, 0.4) is 0 Å². The van der Waals surface area contributed by atoms with Crippen molar-refractivity contribution in [2.45, 2.75) is 38.8 Å². The number of aromatic nitrogens is 1. The summed E-state index contributed by atoms with van der Waals surface area (Å²) in [5.41, 5.74) is 1.03. The molecular formula is C24H26ClN5O3. The first-order chi connectivity index (χ1) is 15.7. The molecule has 5 rings (SSSR count). The summed E-state index contributed by atoms with van der Waals surface area (Å²) < 4.78 is 0. The molecule has 3 amide bonds. The minimum atomic E-state index is -0.781. The average molecular weight is 468 g/mol. The molecule has 1 aromatic heterocycles. The van der Waals surface area contributed by atoms with E-state index < -0.39 is 12.1 Å². The summed E-state index contributed by atoms with van der Waals surface area (Å²) in [5.74, 6) is -0.690. The molecule has 3 fully saturated rings. The van der Waals surface area contributed by atoms with Gasteiger partial charge in [-0.2, -0.15) is 5.26 Å². The Balaban J connectivity index is 1.37. The lowest BCUT2D eigenvalue weighted by molar-refractivity contribution is -0.127. The van der Waals surface area contributed by atoms with Crippen LogP contribution in [0.4, 0.5) is 0 Å². The minimum Gasteiger partial charge on any atom is -0.356 e. The van der Waals surface area contributed by atoms with Crippen molar-refractivity contribution >= 4 is 40.2 Å². The second kappa shape index (κ2) is 7.77. The first-order valence-electron chi connectivity index (χ1n) is 11.3. The van der Waals surface area contributed by atoms with Crippen LogP contribution in [0.25, 0.3) is 10.9 Å². The number of hydrogen-bond donors (Lipinski definition) is 3. The average Bonchev–Trinajstić information content (AvgIpc) is 3.30. The van der Waals surface area contributed by atoms with Crippen molar-refractivity contribution in [3.8, 4) is 6.07 Å². The summed E-state index contributed by atoms with van der Waals surface area (Å²) in [5, 5.41) is 16.5. The number of benzene rings is 1. The predicted molar refractivity (Wildman–Crippen MR) is 122 cm³/mol. The molecule has 0 spiro atoms. The van der Waals surface area contributed by atoms with E-state index in [1.54, 1.807) is 17.0 Å². The molecule has 3 aliphatic rings. The molecule has 8 nitrogen and oxygen atoms in total. The van der Waals surface area contributed by atoms with Crippen molar-refractivity contribution < 1.29 is 14.4 Å². The molecule has 1 aromatic carbocycles. The van der Waals surface area contributed by atoms with E-state index in [-0.39, 0.29) is 47.3 Å². The van der Waals surface area contributed by atoms with Gasteiger partial charge in [-0.1, -0.05) is 37.6 Å². The van der Waals surface area contributed by atoms with Crippen molar-refractivity contribution in [1.82, 2.24) is 20.5 Å². The third kappa shape index (κ3) is 3.55. The Morgan fingerprint density at radius 2 is 2.18 bits per heavy atom. The van der Waals surface area contributed by atoms with Crippen molar-refractivity contribution in [2.75, 3.05) is 13.1 Å². The molecule has 5 atom stereocenters. The van der Waals surface area contributed by atoms with E-state index in [0.717, 1.165) is 5.39 Å². The van der Waals surface area contributed by atoms with Gasteiger partial charge in [-0.15, -0.1) is 0 Å². The van der Waals surface area contributed by atoms with Crippen LogP contribution in [0.2, 0.25) is 5.02 Å². The number of nitrogens with zero attached hydrogens (tertiary/aromatic N) is 2. The largest absolute Gasteiger partial charge is 0.356 e. The Labute approximate surface area is 196 Å². The first-order valence-corrected chi connectivity index (χ1v) is 11.7. The fourth-order valence-electron chi connectivity index (χ4n) is 5.74. The van der Waals surface area contributed by atoms with Gasteiger partial charge < -0.3 is 20.5 Å². The van der Waals surface area contributed by atoms with Gasteiger partial charge in [-0.3, -0.25) is 14.4 Å². The van der Waals surface area contributed by atoms with E-state index >= 15 is 0 Å². The van der Waals surface area contributed by atoms with E-state index in [4.69, 9.17) is 11.6 Å². The van der Waals surface area contributed by atoms with Crippen molar-refractivity contribution in [3.05, 3.63) is 35.0 Å². The highest BCUT2D eigenvalue weighted by atomic mass is 35.5. The van der Waals surface area contributed by atoms with Gasteiger partial charge in [-0.25, -0.2) is 0 Å². The number of piperidine rings is 1. The zero-order valence-electron chi connectivity index (χ0n) is 18.5. The van der Waals surface area contributed by atoms with Gasteiger partial charge in [0.2, 0.25) is 11.8 Å². The Bertz CT molecular complexity index is 1200. The molecule has 2 saturated heterocycles. The maximum Gasteiger partial charge on any atom is 0.271 e. The monoisotopic (exact) mass is 467 g/mol. The minimum absolute atomic E-state index is 0.0311. The van der Waals surface area contributed by atoms with Crippen molar-refractivity contribution in [1.29, 1.82) is 5.26 Å². The third-order valence-electron chi connectivity index (χ3n) is 7.73. The maximum absolute atomic E-state index is 13.5. The van der Waals surface area contributed by atoms with Crippen molar-refractivity contribution in [2.24, 2.45) is 23.2 Å². The van der Waals surface area contributed by atoms with Gasteiger partial charge in [0, 0.05) is 24.4 Å². The number of hydrogen-bond acceptors (Lipinski definition) is 4. The van der Waals surface area contributed by atoms with Crippen LogP contribution >= 0.6 is 11.6 Å². The normalized spacial score (nSPS) is 28.2.